The maximum Gasteiger partial charge on any atom is 0.307 e. The summed E-state index contributed by atoms with van der Waals surface area (Å²) in [6.45, 7) is 0.496. The zero-order valence-electron chi connectivity index (χ0n) is 16.2. The van der Waals surface area contributed by atoms with Crippen LogP contribution in [-0.4, -0.2) is 36.3 Å². The molecule has 0 aliphatic carbocycles. The number of piperidine rings is 1. The van der Waals surface area contributed by atoms with Gasteiger partial charge in [0.1, 0.15) is 0 Å². The second-order valence-corrected chi connectivity index (χ2v) is 10.6. The maximum atomic E-state index is 12.9. The number of fused-ring (bicyclic) bond motifs is 1. The van der Waals surface area contributed by atoms with E-state index in [9.17, 15) is 18.0 Å². The molecule has 1 aliphatic heterocycles. The Morgan fingerprint density at radius 1 is 1.20 bits per heavy atom. The predicted molar refractivity (Wildman–Crippen MR) is 119 cm³/mol. The van der Waals surface area contributed by atoms with Gasteiger partial charge in [0, 0.05) is 30.8 Å². The summed E-state index contributed by atoms with van der Waals surface area (Å²) in [5.74, 6) is -0.681. The van der Waals surface area contributed by atoms with Crippen LogP contribution in [0.25, 0.3) is 10.2 Å². The van der Waals surface area contributed by atoms with E-state index in [1.165, 1.54) is 28.6 Å². The topological polar surface area (TPSA) is 88.5 Å². The number of nitrogens with one attached hydrogen (secondary N) is 1. The highest BCUT2D eigenvalue weighted by Crippen LogP contribution is 2.26. The van der Waals surface area contributed by atoms with Gasteiger partial charge in [0.05, 0.1) is 21.0 Å². The number of sulfonamides is 1. The van der Waals surface area contributed by atoms with Crippen LogP contribution < -0.4 is 10.2 Å². The molecule has 0 bridgehead atoms. The third-order valence-corrected chi connectivity index (χ3v) is 8.39. The van der Waals surface area contributed by atoms with Gasteiger partial charge >= 0.3 is 4.87 Å². The number of benzene rings is 2. The lowest BCUT2D eigenvalue weighted by atomic mass is 9.98. The number of aromatic nitrogens is 1. The molecule has 30 heavy (non-hydrogen) atoms. The van der Waals surface area contributed by atoms with Crippen LogP contribution in [-0.2, 0) is 21.9 Å². The number of hydrogen-bond donors (Lipinski definition) is 1. The van der Waals surface area contributed by atoms with Crippen LogP contribution in [0.4, 0.5) is 5.69 Å². The molecule has 1 atom stereocenters. The van der Waals surface area contributed by atoms with Crippen LogP contribution >= 0.6 is 22.9 Å². The molecule has 1 saturated heterocycles. The minimum atomic E-state index is -3.69. The molecular formula is C20H20ClN3O4S2. The molecule has 1 N–H and O–H groups in total. The van der Waals surface area contributed by atoms with Crippen LogP contribution in [0, 0.1) is 5.92 Å². The molecule has 10 heteroatoms. The number of rotatable bonds is 4. The SMILES string of the molecule is Cn1c(=O)sc2cc(NC(=O)C3CCCN(S(=O)(=O)c4ccc(Cl)cc4)C3)ccc21. The van der Waals surface area contributed by atoms with Crippen molar-refractivity contribution in [1.82, 2.24) is 8.87 Å². The lowest BCUT2D eigenvalue weighted by Gasteiger charge is -2.31. The van der Waals surface area contributed by atoms with Gasteiger partial charge in [-0.05, 0) is 55.3 Å². The van der Waals surface area contributed by atoms with Crippen LogP contribution in [0.5, 0.6) is 0 Å². The smallest absolute Gasteiger partial charge is 0.307 e. The Balaban J connectivity index is 1.49. The van der Waals surface area contributed by atoms with Crippen molar-refractivity contribution < 1.29 is 13.2 Å². The summed E-state index contributed by atoms with van der Waals surface area (Å²) < 4.78 is 29.6. The number of carbonyl (C=O) groups excluding carboxylic acids is 1. The molecule has 158 valence electrons. The Hall–Kier alpha value is -2.20. The number of anilines is 1. The summed E-state index contributed by atoms with van der Waals surface area (Å²) in [7, 11) is -1.98. The Labute approximate surface area is 182 Å². The van der Waals surface area contributed by atoms with Crippen molar-refractivity contribution in [2.24, 2.45) is 13.0 Å². The number of nitrogens with zero attached hydrogens (tertiary/aromatic N) is 2. The first-order valence-electron chi connectivity index (χ1n) is 9.42. The van der Waals surface area contributed by atoms with Crippen molar-refractivity contribution in [3.8, 4) is 0 Å². The van der Waals surface area contributed by atoms with Crippen LogP contribution in [0.15, 0.2) is 52.2 Å². The van der Waals surface area contributed by atoms with E-state index < -0.39 is 15.9 Å². The Kier molecular flexibility index (Phi) is 5.71. The molecule has 2 heterocycles. The average Bonchev–Trinajstić information content (AvgIpc) is 3.01. The lowest BCUT2D eigenvalue weighted by molar-refractivity contribution is -0.120. The molecule has 1 aromatic heterocycles. The summed E-state index contributed by atoms with van der Waals surface area (Å²) in [4.78, 5) is 24.7. The van der Waals surface area contributed by atoms with Crippen LogP contribution in [0.3, 0.4) is 0 Å². The number of carbonyl (C=O) groups is 1. The summed E-state index contributed by atoms with van der Waals surface area (Å²) in [5.41, 5.74) is 1.40. The summed E-state index contributed by atoms with van der Waals surface area (Å²) >= 11 is 6.97. The number of aryl methyl sites for hydroxylation is 1. The number of halogens is 1. The minimum absolute atomic E-state index is 0.0659. The number of amides is 1. The normalized spacial score (nSPS) is 17.9. The van der Waals surface area contributed by atoms with Gasteiger partial charge in [0.2, 0.25) is 15.9 Å². The van der Waals surface area contributed by atoms with Gasteiger partial charge in [-0.2, -0.15) is 4.31 Å². The molecule has 0 radical (unpaired) electrons. The molecular weight excluding hydrogens is 446 g/mol. The molecule has 1 unspecified atom stereocenters. The standard InChI is InChI=1S/C20H20ClN3O4S2/c1-23-17-9-6-15(11-18(17)29-20(23)26)22-19(25)13-3-2-10-24(12-13)30(27,28)16-7-4-14(21)5-8-16/h4-9,11,13H,2-3,10,12H2,1H3,(H,22,25). The maximum absolute atomic E-state index is 12.9. The molecule has 3 aromatic rings. The second-order valence-electron chi connectivity index (χ2n) is 7.25. The first-order valence-corrected chi connectivity index (χ1v) is 12.1. The van der Waals surface area contributed by atoms with Crippen molar-refractivity contribution in [2.45, 2.75) is 17.7 Å². The van der Waals surface area contributed by atoms with Crippen molar-refractivity contribution in [2.75, 3.05) is 18.4 Å². The Morgan fingerprint density at radius 2 is 1.93 bits per heavy atom. The third kappa shape index (κ3) is 4.02. The van der Waals surface area contributed by atoms with Gasteiger partial charge in [-0.15, -0.1) is 0 Å². The average molecular weight is 466 g/mol. The van der Waals surface area contributed by atoms with Gasteiger partial charge in [0.25, 0.3) is 0 Å². The molecule has 1 amide bonds. The minimum Gasteiger partial charge on any atom is -0.326 e. The van der Waals surface area contributed by atoms with E-state index in [1.54, 1.807) is 29.8 Å². The monoisotopic (exact) mass is 465 g/mol. The summed E-state index contributed by atoms with van der Waals surface area (Å²) in [6, 6.07) is 11.3. The van der Waals surface area contributed by atoms with E-state index in [-0.39, 0.29) is 22.2 Å². The van der Waals surface area contributed by atoms with Crippen LogP contribution in [0.1, 0.15) is 12.8 Å². The van der Waals surface area contributed by atoms with Gasteiger partial charge in [-0.3, -0.25) is 9.59 Å². The van der Waals surface area contributed by atoms with Crippen molar-refractivity contribution in [1.29, 1.82) is 0 Å². The van der Waals surface area contributed by atoms with E-state index >= 15 is 0 Å². The first-order chi connectivity index (χ1) is 14.3. The fourth-order valence-electron chi connectivity index (χ4n) is 3.59. The second kappa shape index (κ2) is 8.14. The van der Waals surface area contributed by atoms with E-state index in [0.717, 1.165) is 21.6 Å². The zero-order chi connectivity index (χ0) is 21.5. The molecule has 0 saturated carbocycles. The third-order valence-electron chi connectivity index (χ3n) is 5.27. The lowest BCUT2D eigenvalue weighted by Crippen LogP contribution is -2.43. The quantitative estimate of drug-likeness (QED) is 0.640. The zero-order valence-corrected chi connectivity index (χ0v) is 18.6. The van der Waals surface area contributed by atoms with Crippen molar-refractivity contribution >= 4 is 54.8 Å². The largest absolute Gasteiger partial charge is 0.326 e. The number of hydrogen-bond acceptors (Lipinski definition) is 5. The van der Waals surface area contributed by atoms with Gasteiger partial charge in [-0.1, -0.05) is 22.9 Å². The fourth-order valence-corrected chi connectivity index (χ4v) is 6.15. The van der Waals surface area contributed by atoms with Crippen molar-refractivity contribution in [3.63, 3.8) is 0 Å². The van der Waals surface area contributed by atoms with E-state index in [2.05, 4.69) is 5.32 Å². The fraction of sp³-hybridized carbons (Fsp3) is 0.300. The van der Waals surface area contributed by atoms with Gasteiger partial charge in [0.15, 0.2) is 0 Å². The Bertz CT molecular complexity index is 1270. The molecule has 0 spiro atoms. The molecule has 1 fully saturated rings. The highest BCUT2D eigenvalue weighted by molar-refractivity contribution is 7.89. The predicted octanol–water partition coefficient (Wildman–Crippen LogP) is 3.29. The van der Waals surface area contributed by atoms with E-state index in [4.69, 9.17) is 11.6 Å². The molecule has 7 nitrogen and oxygen atoms in total. The highest BCUT2D eigenvalue weighted by atomic mass is 35.5. The van der Waals surface area contributed by atoms with Crippen molar-refractivity contribution in [3.05, 3.63) is 57.2 Å². The molecule has 2 aromatic carbocycles. The van der Waals surface area contributed by atoms with E-state index in [0.29, 0.717) is 30.1 Å². The highest BCUT2D eigenvalue weighted by Gasteiger charge is 2.33. The van der Waals surface area contributed by atoms with Gasteiger partial charge < -0.3 is 9.88 Å². The number of thiazole rings is 1. The first kappa shape index (κ1) is 21.0. The van der Waals surface area contributed by atoms with Crippen LogP contribution in [0.2, 0.25) is 5.02 Å². The van der Waals surface area contributed by atoms with E-state index in [1.807, 2.05) is 0 Å². The Morgan fingerprint density at radius 3 is 2.67 bits per heavy atom. The summed E-state index contributed by atoms with van der Waals surface area (Å²) in [5, 5.41) is 3.33. The van der Waals surface area contributed by atoms with Gasteiger partial charge in [-0.25, -0.2) is 8.42 Å². The molecule has 4 rings (SSSR count). The summed E-state index contributed by atoms with van der Waals surface area (Å²) in [6.07, 6.45) is 1.21. The molecule has 1 aliphatic rings.